The van der Waals surface area contributed by atoms with Gasteiger partial charge in [-0.1, -0.05) is 6.92 Å². The molecule has 0 saturated heterocycles. The molecule has 0 spiro atoms. The monoisotopic (exact) mass is 484 g/mol. The van der Waals surface area contributed by atoms with E-state index in [1.165, 1.54) is 6.92 Å². The van der Waals surface area contributed by atoms with Gasteiger partial charge < -0.3 is 17.2 Å². The molecular weight excluding hydrogens is 447 g/mol. The van der Waals surface area contributed by atoms with Crippen molar-refractivity contribution in [3.05, 3.63) is 0 Å². The Morgan fingerprint density at radius 2 is 1.04 bits per heavy atom. The molecule has 0 aromatic heterocycles. The van der Waals surface area contributed by atoms with Crippen LogP contribution in [-0.4, -0.2) is 52.5 Å². The van der Waals surface area contributed by atoms with Crippen molar-refractivity contribution in [1.82, 2.24) is 4.72 Å². The summed E-state index contributed by atoms with van der Waals surface area (Å²) in [7, 11) is -1.53. The van der Waals surface area contributed by atoms with Gasteiger partial charge in [-0.3, -0.25) is 0 Å². The average Bonchev–Trinajstić information content (AvgIpc) is 2.60. The van der Waals surface area contributed by atoms with Crippen LogP contribution in [0.5, 0.6) is 0 Å². The topological polar surface area (TPSA) is 158 Å². The van der Waals surface area contributed by atoms with Gasteiger partial charge in [0.15, 0.2) is 0 Å². The van der Waals surface area contributed by atoms with Gasteiger partial charge in [-0.25, -0.2) is 21.6 Å². The summed E-state index contributed by atoms with van der Waals surface area (Å²) in [5.41, 5.74) is 17.0. The SMILES string of the molecule is CCS(=O)(=O)Cl.CCS(=O)(=O)NC1CCC(N)CC1.Cl.NC1CCC(N)CC1. The standard InChI is InChI=1S/C8H18N2O2S.C6H14N2.C2H5ClO2S.ClH/c1-2-13(11,12)10-8-5-3-7(9)4-6-8;7-5-1-2-6(8)4-3-5;1-2-6(3,4)5;/h7-8,10H,2-6,9H2,1H3;5-6H,1-4,7-8H2;2H2,1H3;1H. The van der Waals surface area contributed by atoms with Crippen molar-refractivity contribution >= 4 is 42.2 Å². The second kappa shape index (κ2) is 15.2. The number of hydrogen-bond donors (Lipinski definition) is 4. The molecule has 28 heavy (non-hydrogen) atoms. The van der Waals surface area contributed by atoms with E-state index >= 15 is 0 Å². The van der Waals surface area contributed by atoms with Gasteiger partial charge in [0, 0.05) is 34.8 Å². The molecule has 0 aromatic carbocycles. The third-order valence-electron chi connectivity index (χ3n) is 4.66. The van der Waals surface area contributed by atoms with Crippen LogP contribution < -0.4 is 21.9 Å². The zero-order valence-corrected chi connectivity index (χ0v) is 20.1. The second-order valence-electron chi connectivity index (χ2n) is 7.14. The molecule has 2 aliphatic carbocycles. The number of rotatable bonds is 4. The van der Waals surface area contributed by atoms with Crippen LogP contribution in [0.2, 0.25) is 0 Å². The Hall–Kier alpha value is 0.320. The lowest BCUT2D eigenvalue weighted by Gasteiger charge is -2.26. The molecule has 8 nitrogen and oxygen atoms in total. The third-order valence-corrected chi connectivity index (χ3v) is 7.46. The van der Waals surface area contributed by atoms with Gasteiger partial charge in [-0.15, -0.1) is 12.4 Å². The normalized spacial score (nSPS) is 27.9. The average molecular weight is 486 g/mol. The number of hydrogen-bond acceptors (Lipinski definition) is 7. The molecule has 0 radical (unpaired) electrons. The van der Waals surface area contributed by atoms with Gasteiger partial charge in [0.25, 0.3) is 0 Å². The third kappa shape index (κ3) is 17.2. The molecular formula is C16H38Cl2N4O4S2. The van der Waals surface area contributed by atoms with Crippen LogP contribution in [0.4, 0.5) is 0 Å². The molecule has 0 atom stereocenters. The van der Waals surface area contributed by atoms with Crippen LogP contribution in [0.15, 0.2) is 0 Å². The molecule has 2 saturated carbocycles. The van der Waals surface area contributed by atoms with Crippen molar-refractivity contribution in [3.63, 3.8) is 0 Å². The van der Waals surface area contributed by atoms with Crippen LogP contribution >= 0.6 is 23.1 Å². The molecule has 0 unspecified atom stereocenters. The molecule has 0 heterocycles. The van der Waals surface area contributed by atoms with Gasteiger partial charge >= 0.3 is 0 Å². The zero-order valence-electron chi connectivity index (χ0n) is 16.8. The van der Waals surface area contributed by atoms with Gasteiger partial charge in [0.1, 0.15) is 0 Å². The minimum absolute atomic E-state index is 0. The van der Waals surface area contributed by atoms with Crippen molar-refractivity contribution in [1.29, 1.82) is 0 Å². The van der Waals surface area contributed by atoms with E-state index in [-0.39, 0.29) is 36.0 Å². The number of nitrogens with one attached hydrogen (secondary N) is 1. The summed E-state index contributed by atoms with van der Waals surface area (Å²) >= 11 is 0. The smallest absolute Gasteiger partial charge is 0.232 e. The van der Waals surface area contributed by atoms with E-state index in [2.05, 4.69) is 15.4 Å². The van der Waals surface area contributed by atoms with Crippen molar-refractivity contribution in [2.24, 2.45) is 17.2 Å². The first-order valence-electron chi connectivity index (χ1n) is 9.57. The lowest BCUT2D eigenvalue weighted by Crippen LogP contribution is -2.40. The fraction of sp³-hybridized carbons (Fsp3) is 1.00. The van der Waals surface area contributed by atoms with E-state index in [1.54, 1.807) is 6.92 Å². The molecule has 2 rings (SSSR count). The molecule has 7 N–H and O–H groups in total. The van der Waals surface area contributed by atoms with Gasteiger partial charge in [-0.05, 0) is 58.3 Å². The summed E-state index contributed by atoms with van der Waals surface area (Å²) in [6.07, 6.45) is 8.11. The van der Waals surface area contributed by atoms with Crippen LogP contribution in [0, 0.1) is 0 Å². The quantitative estimate of drug-likeness (QED) is 0.438. The highest BCUT2D eigenvalue weighted by molar-refractivity contribution is 8.13. The first-order valence-corrected chi connectivity index (χ1v) is 13.7. The summed E-state index contributed by atoms with van der Waals surface area (Å²) in [5.74, 6) is 0.171. The Kier molecular flexibility index (Phi) is 16.5. The fourth-order valence-electron chi connectivity index (χ4n) is 2.72. The Balaban J connectivity index is 0. The van der Waals surface area contributed by atoms with E-state index in [0.29, 0.717) is 12.1 Å². The Bertz CT molecular complexity index is 580. The van der Waals surface area contributed by atoms with E-state index in [1.807, 2.05) is 0 Å². The van der Waals surface area contributed by atoms with Crippen molar-refractivity contribution < 1.29 is 16.8 Å². The summed E-state index contributed by atoms with van der Waals surface area (Å²) < 4.78 is 44.6. The van der Waals surface area contributed by atoms with Gasteiger partial charge in [0.05, 0.1) is 11.5 Å². The van der Waals surface area contributed by atoms with Crippen molar-refractivity contribution in [2.45, 2.75) is 89.4 Å². The summed E-state index contributed by atoms with van der Waals surface area (Å²) in [5, 5.41) is 0. The Morgan fingerprint density at radius 3 is 1.29 bits per heavy atom. The van der Waals surface area contributed by atoms with E-state index < -0.39 is 19.1 Å². The highest BCUT2D eigenvalue weighted by atomic mass is 35.7. The van der Waals surface area contributed by atoms with E-state index in [9.17, 15) is 16.8 Å². The van der Waals surface area contributed by atoms with Gasteiger partial charge in [-0.2, -0.15) is 0 Å². The Morgan fingerprint density at radius 1 is 0.750 bits per heavy atom. The maximum atomic E-state index is 11.2. The Labute approximate surface area is 181 Å². The fourth-order valence-corrected chi connectivity index (χ4v) is 3.63. The molecule has 2 aliphatic rings. The van der Waals surface area contributed by atoms with Crippen molar-refractivity contribution in [3.8, 4) is 0 Å². The summed E-state index contributed by atoms with van der Waals surface area (Å²) in [6.45, 7) is 3.14. The first-order chi connectivity index (χ1) is 12.4. The van der Waals surface area contributed by atoms with Crippen LogP contribution in [0.1, 0.15) is 65.2 Å². The first kappa shape index (κ1) is 30.5. The highest BCUT2D eigenvalue weighted by Gasteiger charge is 2.21. The van der Waals surface area contributed by atoms with Gasteiger partial charge in [0.2, 0.25) is 19.1 Å². The lowest BCUT2D eigenvalue weighted by molar-refractivity contribution is 0.373. The molecule has 12 heteroatoms. The lowest BCUT2D eigenvalue weighted by atomic mass is 9.93. The largest absolute Gasteiger partial charge is 0.328 e. The summed E-state index contributed by atoms with van der Waals surface area (Å²) in [6, 6.07) is 1.26. The highest BCUT2D eigenvalue weighted by Crippen LogP contribution is 2.17. The molecule has 0 amide bonds. The number of nitrogens with two attached hydrogens (primary N) is 3. The maximum Gasteiger partial charge on any atom is 0.232 e. The molecule has 172 valence electrons. The molecule has 0 bridgehead atoms. The van der Waals surface area contributed by atoms with Crippen LogP contribution in [0.25, 0.3) is 0 Å². The zero-order chi connectivity index (χ0) is 21.1. The molecule has 0 aromatic rings. The number of sulfonamides is 1. The minimum atomic E-state index is -3.19. The van der Waals surface area contributed by atoms with Crippen LogP contribution in [-0.2, 0) is 19.1 Å². The molecule has 2 fully saturated rings. The van der Waals surface area contributed by atoms with Crippen LogP contribution in [0.3, 0.4) is 0 Å². The second-order valence-corrected chi connectivity index (χ2v) is 12.2. The van der Waals surface area contributed by atoms with Crippen molar-refractivity contribution in [2.75, 3.05) is 11.5 Å². The van der Waals surface area contributed by atoms with E-state index in [0.717, 1.165) is 51.4 Å². The predicted octanol–water partition coefficient (Wildman–Crippen LogP) is 1.41. The predicted molar refractivity (Wildman–Crippen MR) is 120 cm³/mol. The number of halogens is 2. The minimum Gasteiger partial charge on any atom is -0.328 e. The maximum absolute atomic E-state index is 11.2. The van der Waals surface area contributed by atoms with E-state index in [4.69, 9.17) is 17.2 Å². The molecule has 0 aliphatic heterocycles. The summed E-state index contributed by atoms with van der Waals surface area (Å²) in [4.78, 5) is 0.